The van der Waals surface area contributed by atoms with Crippen LogP contribution in [0.2, 0.25) is 0 Å². The predicted octanol–water partition coefficient (Wildman–Crippen LogP) is 24.2. The second kappa shape index (κ2) is 27.5. The fourth-order valence-electron chi connectivity index (χ4n) is 14.7. The van der Waals surface area contributed by atoms with E-state index in [0.717, 1.165) is 115 Å². The third-order valence-electron chi connectivity index (χ3n) is 20.0. The summed E-state index contributed by atoms with van der Waals surface area (Å²) >= 11 is 1.76. The Morgan fingerprint density at radius 1 is 0.179 bits per heavy atom. The van der Waals surface area contributed by atoms with Crippen molar-refractivity contribution in [3.63, 3.8) is 0 Å². The van der Waals surface area contributed by atoms with Gasteiger partial charge in [-0.25, -0.2) is 59.8 Å². The largest absolute Gasteiger partial charge is 0.456 e. The summed E-state index contributed by atoms with van der Waals surface area (Å²) in [5, 5.41) is 8.04. The molecule has 8 heterocycles. The van der Waals surface area contributed by atoms with Gasteiger partial charge >= 0.3 is 0 Å². The van der Waals surface area contributed by atoms with Gasteiger partial charge in [0.1, 0.15) is 33.5 Å². The summed E-state index contributed by atoms with van der Waals surface area (Å²) in [7, 11) is 0. The minimum absolute atomic E-state index is 0.495. The van der Waals surface area contributed by atoms with Crippen molar-refractivity contribution in [3.8, 4) is 137 Å². The van der Waals surface area contributed by atoms with Crippen LogP contribution in [0.4, 0.5) is 0 Å². The van der Waals surface area contributed by atoms with E-state index in [9.17, 15) is 0 Å². The molecule has 0 atom stereocenters. The first-order valence-electron chi connectivity index (χ1n) is 36.6. The highest BCUT2D eigenvalue weighted by Crippen LogP contribution is 2.45. The Hall–Kier alpha value is -15.3. The summed E-state index contributed by atoms with van der Waals surface area (Å²) in [6, 6.07) is 113. The number of furan rings is 3. The van der Waals surface area contributed by atoms with Crippen LogP contribution in [0.3, 0.4) is 0 Å². The van der Waals surface area contributed by atoms with Crippen LogP contribution in [-0.2, 0) is 0 Å². The SMILES string of the molecule is c1ccc(-c2nc(-c3ccc4oc5ccccc5c4c3)nc(-c3cccc4c3oc3cccc(-c5nc(-c6ccccc6)nc(-c6ccccc6)n5)c34)n2)cc1.c1ccc(-c2nc(-c3cccc4c3oc3cccc(-c5nc(-c6ccccc6)nc(-c6ccccc6)n5)c34)nc(-c3cccc4c3sc3ccccc34)n2)cc1. The molecule has 0 aliphatic rings. The first-order chi connectivity index (χ1) is 55.5. The van der Waals surface area contributed by atoms with E-state index < -0.39 is 0 Å². The van der Waals surface area contributed by atoms with Crippen molar-refractivity contribution < 1.29 is 13.3 Å². The molecule has 16 heteroatoms. The molecule has 0 saturated heterocycles. The molecule has 0 amide bonds. The number of benzene rings is 14. The molecule has 8 aromatic heterocycles. The number of hydrogen-bond acceptors (Lipinski definition) is 16. The maximum absolute atomic E-state index is 6.76. The molecule has 0 saturated carbocycles. The Morgan fingerprint density at radius 2 is 0.473 bits per heavy atom. The van der Waals surface area contributed by atoms with E-state index in [-0.39, 0.29) is 0 Å². The van der Waals surface area contributed by atoms with E-state index in [1.54, 1.807) is 11.3 Å². The number of para-hydroxylation sites is 3. The lowest BCUT2D eigenvalue weighted by Gasteiger charge is -2.10. The van der Waals surface area contributed by atoms with Gasteiger partial charge in [-0.15, -0.1) is 11.3 Å². The Labute approximate surface area is 642 Å². The lowest BCUT2D eigenvalue weighted by Crippen LogP contribution is -2.00. The summed E-state index contributed by atoms with van der Waals surface area (Å²) in [6.45, 7) is 0. The van der Waals surface area contributed by atoms with Crippen molar-refractivity contribution in [2.24, 2.45) is 0 Å². The van der Waals surface area contributed by atoms with Crippen LogP contribution in [0.25, 0.3) is 223 Å². The van der Waals surface area contributed by atoms with Gasteiger partial charge in [-0.3, -0.25) is 0 Å². The maximum atomic E-state index is 6.76. The van der Waals surface area contributed by atoms with Crippen molar-refractivity contribution >= 4 is 97.3 Å². The van der Waals surface area contributed by atoms with Crippen molar-refractivity contribution in [1.29, 1.82) is 0 Å². The number of rotatable bonds is 12. The normalized spacial score (nSPS) is 11.6. The lowest BCUT2D eigenvalue weighted by atomic mass is 10.0. The third kappa shape index (κ3) is 11.8. The van der Waals surface area contributed by atoms with Gasteiger partial charge in [0.05, 0.1) is 11.1 Å². The van der Waals surface area contributed by atoms with E-state index in [0.29, 0.717) is 92.2 Å². The first-order valence-corrected chi connectivity index (χ1v) is 37.4. The number of nitrogens with zero attached hydrogens (tertiary/aromatic N) is 12. The van der Waals surface area contributed by atoms with Crippen LogP contribution in [0, 0.1) is 0 Å². The van der Waals surface area contributed by atoms with Crippen LogP contribution in [0.5, 0.6) is 0 Å². The number of hydrogen-bond donors (Lipinski definition) is 0. The van der Waals surface area contributed by atoms with Gasteiger partial charge in [-0.2, -0.15) is 0 Å². The van der Waals surface area contributed by atoms with Crippen molar-refractivity contribution in [3.05, 3.63) is 340 Å². The van der Waals surface area contributed by atoms with E-state index >= 15 is 0 Å². The number of aromatic nitrogens is 12. The number of fused-ring (bicyclic) bond motifs is 12. The minimum atomic E-state index is 0.495. The lowest BCUT2D eigenvalue weighted by molar-refractivity contribution is 0.669. The van der Waals surface area contributed by atoms with Crippen LogP contribution in [0.15, 0.2) is 353 Å². The van der Waals surface area contributed by atoms with E-state index in [2.05, 4.69) is 66.7 Å². The fourth-order valence-corrected chi connectivity index (χ4v) is 16.0. The van der Waals surface area contributed by atoms with Gasteiger partial charge in [0, 0.05) is 108 Å². The Balaban J connectivity index is 0.000000141. The van der Waals surface area contributed by atoms with Gasteiger partial charge in [0.15, 0.2) is 69.9 Å². The zero-order chi connectivity index (χ0) is 74.0. The highest BCUT2D eigenvalue weighted by atomic mass is 32.1. The van der Waals surface area contributed by atoms with Crippen molar-refractivity contribution in [2.75, 3.05) is 0 Å². The maximum Gasteiger partial charge on any atom is 0.167 e. The molecular formula is C96H56N12O3S. The summed E-state index contributed by atoms with van der Waals surface area (Å²) in [5.41, 5.74) is 14.8. The fraction of sp³-hybridized carbons (Fsp3) is 0. The molecule has 0 aliphatic heterocycles. The van der Waals surface area contributed by atoms with E-state index in [4.69, 9.17) is 73.1 Å². The Kier molecular flexibility index (Phi) is 16.0. The Bertz CT molecular complexity index is 7260. The predicted molar refractivity (Wildman–Crippen MR) is 446 cm³/mol. The molecule has 0 aliphatic carbocycles. The molecule has 0 N–H and O–H groups in total. The zero-order valence-corrected chi connectivity index (χ0v) is 60.1. The first kappa shape index (κ1) is 65.1. The third-order valence-corrected chi connectivity index (χ3v) is 21.2. The van der Waals surface area contributed by atoms with Crippen LogP contribution in [-0.4, -0.2) is 59.8 Å². The molecule has 0 spiro atoms. The molecule has 22 rings (SSSR count). The van der Waals surface area contributed by atoms with Gasteiger partial charge in [-0.05, 0) is 60.7 Å². The zero-order valence-electron chi connectivity index (χ0n) is 59.3. The second-order valence-electron chi connectivity index (χ2n) is 26.9. The summed E-state index contributed by atoms with van der Waals surface area (Å²) in [4.78, 5) is 60.6. The molecule has 112 heavy (non-hydrogen) atoms. The van der Waals surface area contributed by atoms with Crippen LogP contribution in [0.1, 0.15) is 0 Å². The van der Waals surface area contributed by atoms with Crippen molar-refractivity contribution in [2.45, 2.75) is 0 Å². The average Bonchev–Trinajstić information content (AvgIpc) is 1.57. The second-order valence-corrected chi connectivity index (χ2v) is 28.0. The summed E-state index contributed by atoms with van der Waals surface area (Å²) in [5.74, 6) is 6.79. The summed E-state index contributed by atoms with van der Waals surface area (Å²) < 4.78 is 22.0. The van der Waals surface area contributed by atoms with Gasteiger partial charge < -0.3 is 13.3 Å². The average molecular weight is 1460 g/mol. The molecular weight excluding hydrogens is 1400 g/mol. The van der Waals surface area contributed by atoms with Gasteiger partial charge in [0.2, 0.25) is 0 Å². The van der Waals surface area contributed by atoms with Gasteiger partial charge in [-0.1, -0.05) is 279 Å². The molecule has 0 fully saturated rings. The van der Waals surface area contributed by atoms with Crippen molar-refractivity contribution in [1.82, 2.24) is 59.8 Å². The highest BCUT2D eigenvalue weighted by molar-refractivity contribution is 7.26. The standard InChI is InChI=1S/C48H28N6O2.C48H28N6OS/c1-4-14-29(15-5-1)43-49-44(30-16-6-2-7-17-30)52-47(51-43)35-22-13-25-40-41(35)34-21-12-23-36(42(34)56-40)48-53-45(31-18-8-3-9-19-31)50-46(54-48)32-26-27-39-37(28-32)33-20-10-11-24-38(33)55-39;1-4-15-29(16-5-1)43-49-44(30-17-6-2-7-18-30)51-46(50-43)35-24-14-27-38-40(35)34-23-13-25-36(41(34)55-38)47-52-45(31-19-8-3-9-20-31)53-48(54-47)37-26-12-22-33-32-21-10-11-28-39(32)56-42(33)37/h2*1-28H. The minimum Gasteiger partial charge on any atom is -0.456 e. The molecule has 14 aromatic carbocycles. The quantitative estimate of drug-likeness (QED) is 0.112. The monoisotopic (exact) mass is 1460 g/mol. The van der Waals surface area contributed by atoms with Crippen LogP contribution >= 0.6 is 11.3 Å². The molecule has 0 radical (unpaired) electrons. The molecule has 22 aromatic rings. The molecule has 15 nitrogen and oxygen atoms in total. The van der Waals surface area contributed by atoms with Gasteiger partial charge in [0.25, 0.3) is 0 Å². The van der Waals surface area contributed by atoms with E-state index in [1.165, 1.54) is 15.5 Å². The van der Waals surface area contributed by atoms with E-state index in [1.807, 2.05) is 273 Å². The smallest absolute Gasteiger partial charge is 0.167 e. The molecule has 0 bridgehead atoms. The molecule has 0 unspecified atom stereocenters. The summed E-state index contributed by atoms with van der Waals surface area (Å²) in [6.07, 6.45) is 0. The molecule has 524 valence electrons. The van der Waals surface area contributed by atoms with Crippen LogP contribution < -0.4 is 0 Å². The number of thiophene rings is 1. The topological polar surface area (TPSA) is 194 Å². The Morgan fingerprint density at radius 3 is 0.911 bits per heavy atom. The highest BCUT2D eigenvalue weighted by Gasteiger charge is 2.26.